The van der Waals surface area contributed by atoms with Gasteiger partial charge in [0.25, 0.3) is 5.91 Å². The number of carbonyl (C=O) groups excluding carboxylic acids is 1. The van der Waals surface area contributed by atoms with Crippen molar-refractivity contribution < 1.29 is 17.6 Å². The number of hydrogen-bond donors (Lipinski definition) is 0. The first kappa shape index (κ1) is 21.4. The van der Waals surface area contributed by atoms with Gasteiger partial charge in [0.1, 0.15) is 11.3 Å². The van der Waals surface area contributed by atoms with Crippen molar-refractivity contribution in [1.82, 2.24) is 4.90 Å². The van der Waals surface area contributed by atoms with Gasteiger partial charge >= 0.3 is 0 Å². The Balaban J connectivity index is 1.54. The fraction of sp³-hybridized carbons (Fsp3) is 0.375. The molecule has 1 aromatic heterocycles. The molecule has 0 bridgehead atoms. The van der Waals surface area contributed by atoms with Gasteiger partial charge in [-0.3, -0.25) is 9.10 Å². The number of nitrogens with zero attached hydrogens (tertiary/aromatic N) is 2. The van der Waals surface area contributed by atoms with Crippen LogP contribution in [0.3, 0.4) is 0 Å². The lowest BCUT2D eigenvalue weighted by molar-refractivity contribution is 0.0785. The van der Waals surface area contributed by atoms with Gasteiger partial charge in [-0.15, -0.1) is 0 Å². The van der Waals surface area contributed by atoms with Crippen molar-refractivity contribution in [3.63, 3.8) is 0 Å². The molecule has 31 heavy (non-hydrogen) atoms. The monoisotopic (exact) mass is 440 g/mol. The van der Waals surface area contributed by atoms with Crippen LogP contribution in [0.5, 0.6) is 0 Å². The third kappa shape index (κ3) is 4.32. The highest BCUT2D eigenvalue weighted by Crippen LogP contribution is 2.29. The van der Waals surface area contributed by atoms with Gasteiger partial charge in [-0.2, -0.15) is 0 Å². The molecule has 7 heteroatoms. The van der Waals surface area contributed by atoms with Gasteiger partial charge in [-0.1, -0.05) is 31.5 Å². The van der Waals surface area contributed by atoms with Crippen molar-refractivity contribution >= 4 is 32.6 Å². The maximum absolute atomic E-state index is 13.1. The molecule has 0 atom stereocenters. The lowest BCUT2D eigenvalue weighted by Gasteiger charge is -2.19. The fourth-order valence-electron chi connectivity index (χ4n) is 4.09. The summed E-state index contributed by atoms with van der Waals surface area (Å²) in [7, 11) is -1.45. The molecule has 0 saturated carbocycles. The number of furan rings is 1. The van der Waals surface area contributed by atoms with Gasteiger partial charge in [0, 0.05) is 43.1 Å². The number of benzene rings is 2. The predicted molar refractivity (Wildman–Crippen MR) is 123 cm³/mol. The third-order valence-corrected chi connectivity index (χ3v) is 7.65. The van der Waals surface area contributed by atoms with Gasteiger partial charge in [0.05, 0.1) is 11.4 Å². The molecule has 6 nitrogen and oxygen atoms in total. The van der Waals surface area contributed by atoms with E-state index in [2.05, 4.69) is 6.92 Å². The van der Waals surface area contributed by atoms with Crippen LogP contribution in [0.1, 0.15) is 47.9 Å². The topological polar surface area (TPSA) is 70.8 Å². The van der Waals surface area contributed by atoms with E-state index < -0.39 is 10.0 Å². The predicted octanol–water partition coefficient (Wildman–Crippen LogP) is 4.59. The minimum atomic E-state index is -3.23. The van der Waals surface area contributed by atoms with Crippen molar-refractivity contribution in [2.24, 2.45) is 0 Å². The second-order valence-corrected chi connectivity index (χ2v) is 10.1. The molecule has 1 amide bonds. The number of sulfonamides is 1. The molecule has 0 unspecified atom stereocenters. The van der Waals surface area contributed by atoms with E-state index in [1.165, 1.54) is 4.31 Å². The highest BCUT2D eigenvalue weighted by molar-refractivity contribution is 7.93. The van der Waals surface area contributed by atoms with Crippen LogP contribution in [0, 0.1) is 0 Å². The summed E-state index contributed by atoms with van der Waals surface area (Å²) in [6, 6.07) is 14.8. The molecule has 2 heterocycles. The zero-order valence-electron chi connectivity index (χ0n) is 18.0. The largest absolute Gasteiger partial charge is 0.461 e. The number of amides is 1. The van der Waals surface area contributed by atoms with E-state index in [0.717, 1.165) is 41.6 Å². The van der Waals surface area contributed by atoms with Crippen molar-refractivity contribution in [1.29, 1.82) is 0 Å². The zero-order chi connectivity index (χ0) is 22.0. The fourth-order valence-corrected chi connectivity index (χ4v) is 5.66. The number of anilines is 1. The highest BCUT2D eigenvalue weighted by atomic mass is 32.2. The highest BCUT2D eigenvalue weighted by Gasteiger charge is 2.28. The summed E-state index contributed by atoms with van der Waals surface area (Å²) in [5.74, 6) is 1.01. The summed E-state index contributed by atoms with van der Waals surface area (Å²) in [5, 5.41) is 1.04. The summed E-state index contributed by atoms with van der Waals surface area (Å²) in [4.78, 5) is 14.7. The van der Waals surface area contributed by atoms with Gasteiger partial charge in [0.15, 0.2) is 0 Å². The number of hydrogen-bond acceptors (Lipinski definition) is 4. The summed E-state index contributed by atoms with van der Waals surface area (Å²) in [6.07, 6.45) is 3.59. The van der Waals surface area contributed by atoms with E-state index in [0.29, 0.717) is 30.8 Å². The summed E-state index contributed by atoms with van der Waals surface area (Å²) in [5.41, 5.74) is 3.05. The zero-order valence-corrected chi connectivity index (χ0v) is 18.8. The van der Waals surface area contributed by atoms with Crippen LogP contribution >= 0.6 is 0 Å². The van der Waals surface area contributed by atoms with Crippen LogP contribution in [-0.2, 0) is 23.0 Å². The Labute approximate surface area is 183 Å². The molecule has 0 N–H and O–H groups in total. The Hall–Kier alpha value is -2.80. The lowest BCUT2D eigenvalue weighted by Crippen LogP contribution is -2.27. The van der Waals surface area contributed by atoms with E-state index in [1.54, 1.807) is 36.2 Å². The van der Waals surface area contributed by atoms with E-state index in [4.69, 9.17) is 4.42 Å². The normalized spacial score (nSPS) is 15.5. The van der Waals surface area contributed by atoms with Crippen LogP contribution in [0.15, 0.2) is 52.9 Å². The quantitative estimate of drug-likeness (QED) is 0.539. The second-order valence-electron chi connectivity index (χ2n) is 8.05. The number of aryl methyl sites for hydroxylation is 1. The molecule has 0 aliphatic carbocycles. The van der Waals surface area contributed by atoms with Gasteiger partial charge in [-0.25, -0.2) is 8.42 Å². The maximum Gasteiger partial charge on any atom is 0.253 e. The number of rotatable bonds is 7. The summed E-state index contributed by atoms with van der Waals surface area (Å²) < 4.78 is 31.7. The Morgan fingerprint density at radius 2 is 1.87 bits per heavy atom. The van der Waals surface area contributed by atoms with Gasteiger partial charge in [-0.05, 0) is 43.2 Å². The van der Waals surface area contributed by atoms with Gasteiger partial charge in [0.2, 0.25) is 10.0 Å². The van der Waals surface area contributed by atoms with E-state index in [-0.39, 0.29) is 11.7 Å². The molecule has 1 aliphatic heterocycles. The molecule has 4 rings (SSSR count). The van der Waals surface area contributed by atoms with Gasteiger partial charge < -0.3 is 9.32 Å². The molecule has 2 aromatic carbocycles. The first-order chi connectivity index (χ1) is 14.9. The smallest absolute Gasteiger partial charge is 0.253 e. The Kier molecular flexibility index (Phi) is 6.05. The Morgan fingerprint density at radius 1 is 1.13 bits per heavy atom. The number of fused-ring (bicyclic) bond motifs is 1. The second kappa shape index (κ2) is 8.75. The standard InChI is InChI=1S/C24H28N2O4S/c1-3-4-9-23-21(20-8-5-6-10-22(20)30-23)17-25(2)24(27)18-11-13-19(14-12-18)26-15-7-16-31(26,28)29/h5-6,8,10-14H,3-4,7,9,15-17H2,1-2H3. The number of carbonyl (C=O) groups is 1. The average Bonchev–Trinajstić information content (AvgIpc) is 3.31. The molecule has 3 aromatic rings. The van der Waals surface area contributed by atoms with Crippen molar-refractivity contribution in [3.8, 4) is 0 Å². The molecular weight excluding hydrogens is 412 g/mol. The molecule has 0 radical (unpaired) electrons. The Morgan fingerprint density at radius 3 is 2.55 bits per heavy atom. The minimum absolute atomic E-state index is 0.109. The van der Waals surface area contributed by atoms with Crippen molar-refractivity contribution in [2.75, 3.05) is 23.7 Å². The maximum atomic E-state index is 13.1. The van der Waals surface area contributed by atoms with Crippen LogP contribution in [0.4, 0.5) is 5.69 Å². The molecule has 0 spiro atoms. The molecule has 1 fully saturated rings. The SMILES string of the molecule is CCCCc1oc2ccccc2c1CN(C)C(=O)c1ccc(N2CCCS2(=O)=O)cc1. The molecule has 1 saturated heterocycles. The van der Waals surface area contributed by atoms with Crippen LogP contribution in [-0.4, -0.2) is 38.6 Å². The molecule has 164 valence electrons. The third-order valence-electron chi connectivity index (χ3n) is 5.78. The molecular formula is C24H28N2O4S. The van der Waals surface area contributed by atoms with Crippen LogP contribution in [0.2, 0.25) is 0 Å². The summed E-state index contributed by atoms with van der Waals surface area (Å²) >= 11 is 0. The summed E-state index contributed by atoms with van der Waals surface area (Å²) in [6.45, 7) is 3.09. The minimum Gasteiger partial charge on any atom is -0.461 e. The van der Waals surface area contributed by atoms with Crippen LogP contribution < -0.4 is 4.31 Å². The lowest BCUT2D eigenvalue weighted by atomic mass is 10.1. The van der Waals surface area contributed by atoms with E-state index in [1.807, 2.05) is 24.3 Å². The van der Waals surface area contributed by atoms with Crippen molar-refractivity contribution in [3.05, 3.63) is 65.4 Å². The number of para-hydroxylation sites is 1. The molecule has 1 aliphatic rings. The average molecular weight is 441 g/mol. The van der Waals surface area contributed by atoms with E-state index in [9.17, 15) is 13.2 Å². The first-order valence-electron chi connectivity index (χ1n) is 10.8. The van der Waals surface area contributed by atoms with Crippen molar-refractivity contribution in [2.45, 2.75) is 39.2 Å². The number of unbranched alkanes of at least 4 members (excludes halogenated alkanes) is 1. The Bertz CT molecular complexity index is 1180. The van der Waals surface area contributed by atoms with E-state index >= 15 is 0 Å². The van der Waals surface area contributed by atoms with Crippen LogP contribution in [0.25, 0.3) is 11.0 Å². The first-order valence-corrected chi connectivity index (χ1v) is 12.4.